The van der Waals surface area contributed by atoms with Gasteiger partial charge in [0.05, 0.1) is 16.7 Å². The van der Waals surface area contributed by atoms with Crippen LogP contribution in [0.1, 0.15) is 11.1 Å². The predicted molar refractivity (Wildman–Crippen MR) is 145 cm³/mol. The smallest absolute Gasteiger partial charge is 0.328 e. The van der Waals surface area contributed by atoms with E-state index in [1.165, 1.54) is 9.13 Å². The molecule has 0 saturated heterocycles. The second kappa shape index (κ2) is 9.79. The van der Waals surface area contributed by atoms with Crippen molar-refractivity contribution in [2.75, 3.05) is 4.72 Å². The van der Waals surface area contributed by atoms with Crippen molar-refractivity contribution in [2.24, 2.45) is 14.1 Å². The number of aryl methyl sites for hydroxylation is 3. The van der Waals surface area contributed by atoms with Crippen molar-refractivity contribution in [2.45, 2.75) is 17.7 Å². The Hall–Kier alpha value is -4.02. The fraction of sp³-hybridized carbons (Fsp3) is 0.148. The highest BCUT2D eigenvalue weighted by atomic mass is 32.2. The number of aromatic nitrogens is 2. The predicted octanol–water partition coefficient (Wildman–Crippen LogP) is 5.42. The van der Waals surface area contributed by atoms with Gasteiger partial charge in [0.15, 0.2) is 5.75 Å². The molecular formula is C27H25N3O5S2. The molecule has 5 aromatic rings. The van der Waals surface area contributed by atoms with E-state index in [9.17, 15) is 13.2 Å². The highest BCUT2D eigenvalue weighted by Gasteiger charge is 2.22. The first kappa shape index (κ1) is 24.7. The number of nitrogens with zero attached hydrogens (tertiary/aromatic N) is 2. The summed E-state index contributed by atoms with van der Waals surface area (Å²) in [4.78, 5) is 12.6. The minimum Gasteiger partial charge on any atom is -0.489 e. The van der Waals surface area contributed by atoms with Gasteiger partial charge in [0.25, 0.3) is 10.0 Å². The van der Waals surface area contributed by atoms with Gasteiger partial charge in [-0.05, 0) is 47.7 Å². The summed E-state index contributed by atoms with van der Waals surface area (Å²) in [5, 5.41) is 1.73. The van der Waals surface area contributed by atoms with Crippen LogP contribution in [0.3, 0.4) is 0 Å². The molecule has 0 unspecified atom stereocenters. The van der Waals surface area contributed by atoms with Gasteiger partial charge in [-0.2, -0.15) is 0 Å². The minimum absolute atomic E-state index is 0.219. The third-order valence-corrected chi connectivity index (χ3v) is 9.01. The van der Waals surface area contributed by atoms with E-state index in [4.69, 9.17) is 9.47 Å². The van der Waals surface area contributed by atoms with Gasteiger partial charge in [0.2, 0.25) is 0 Å². The van der Waals surface area contributed by atoms with Crippen molar-refractivity contribution in [3.63, 3.8) is 0 Å². The van der Waals surface area contributed by atoms with Crippen LogP contribution in [0.4, 0.5) is 5.69 Å². The standard InChI is InChI=1S/C27H25N3O5S2/c1-18-12-13-36-26(18)37(32,33)28-22-15-23-24(30(3)27(31)29(23)2)16-25(22)35-21-11-7-10-20(14-21)34-17-19-8-5-4-6-9-19/h4-16,28H,17H2,1-3H3. The minimum atomic E-state index is -3.88. The Labute approximate surface area is 218 Å². The van der Waals surface area contributed by atoms with Crippen molar-refractivity contribution in [3.8, 4) is 17.2 Å². The summed E-state index contributed by atoms with van der Waals surface area (Å²) in [6.07, 6.45) is 0. The topological polar surface area (TPSA) is 91.6 Å². The molecule has 37 heavy (non-hydrogen) atoms. The van der Waals surface area contributed by atoms with E-state index in [0.717, 1.165) is 16.9 Å². The van der Waals surface area contributed by atoms with Gasteiger partial charge in [-0.1, -0.05) is 36.4 Å². The van der Waals surface area contributed by atoms with Gasteiger partial charge < -0.3 is 9.47 Å². The van der Waals surface area contributed by atoms with Crippen molar-refractivity contribution in [3.05, 3.63) is 99.8 Å². The van der Waals surface area contributed by atoms with Crippen LogP contribution in [-0.4, -0.2) is 17.6 Å². The normalized spacial score (nSPS) is 11.5. The summed E-state index contributed by atoms with van der Waals surface area (Å²) in [5.74, 6) is 1.32. The largest absolute Gasteiger partial charge is 0.489 e. The number of hydrogen-bond donors (Lipinski definition) is 1. The van der Waals surface area contributed by atoms with E-state index in [2.05, 4.69) is 4.72 Å². The zero-order chi connectivity index (χ0) is 26.2. The first-order chi connectivity index (χ1) is 17.7. The van der Waals surface area contributed by atoms with Crippen molar-refractivity contribution in [1.82, 2.24) is 9.13 Å². The van der Waals surface area contributed by atoms with E-state index in [0.29, 0.717) is 34.7 Å². The first-order valence-electron chi connectivity index (χ1n) is 11.4. The summed E-state index contributed by atoms with van der Waals surface area (Å²) in [6.45, 7) is 2.14. The highest BCUT2D eigenvalue weighted by molar-refractivity contribution is 7.94. The molecule has 0 spiro atoms. The van der Waals surface area contributed by atoms with Gasteiger partial charge in [-0.15, -0.1) is 11.3 Å². The molecule has 2 aromatic heterocycles. The van der Waals surface area contributed by atoms with Crippen molar-refractivity contribution >= 4 is 38.1 Å². The third kappa shape index (κ3) is 4.98. The Morgan fingerprint density at radius 2 is 1.59 bits per heavy atom. The quantitative estimate of drug-likeness (QED) is 0.287. The average Bonchev–Trinajstić information content (AvgIpc) is 3.42. The average molecular weight is 536 g/mol. The second-order valence-electron chi connectivity index (χ2n) is 8.59. The SMILES string of the molecule is Cc1ccsc1S(=O)(=O)Nc1cc2c(cc1Oc1cccc(OCc3ccccc3)c1)n(C)c(=O)n2C. The lowest BCUT2D eigenvalue weighted by Gasteiger charge is -2.15. The lowest BCUT2D eigenvalue weighted by atomic mass is 10.2. The molecule has 0 saturated carbocycles. The van der Waals surface area contributed by atoms with Crippen LogP contribution in [0.15, 0.2) is 87.2 Å². The molecular weight excluding hydrogens is 510 g/mol. The molecule has 0 aliphatic carbocycles. The number of hydrogen-bond acceptors (Lipinski definition) is 6. The number of benzene rings is 3. The fourth-order valence-corrected chi connectivity index (χ4v) is 6.49. The molecule has 0 aliphatic rings. The van der Waals surface area contributed by atoms with Crippen LogP contribution in [0.25, 0.3) is 11.0 Å². The molecule has 8 nitrogen and oxygen atoms in total. The van der Waals surface area contributed by atoms with E-state index >= 15 is 0 Å². The molecule has 0 fully saturated rings. The van der Waals surface area contributed by atoms with Crippen LogP contribution < -0.4 is 19.9 Å². The van der Waals surface area contributed by atoms with E-state index < -0.39 is 10.0 Å². The summed E-state index contributed by atoms with van der Waals surface area (Å²) in [6, 6.07) is 21.9. The molecule has 0 aliphatic heterocycles. The molecule has 1 N–H and O–H groups in total. The number of sulfonamides is 1. The Balaban J connectivity index is 1.51. The molecule has 10 heteroatoms. The molecule has 0 amide bonds. The zero-order valence-corrected chi connectivity index (χ0v) is 22.1. The molecule has 190 valence electrons. The van der Waals surface area contributed by atoms with Gasteiger partial charge in [0.1, 0.15) is 22.3 Å². The summed E-state index contributed by atoms with van der Waals surface area (Å²) in [7, 11) is -0.581. The third-order valence-electron chi connectivity index (χ3n) is 5.96. The Kier molecular flexibility index (Phi) is 6.53. The Bertz CT molecular complexity index is 1750. The summed E-state index contributed by atoms with van der Waals surface area (Å²) >= 11 is 1.14. The van der Waals surface area contributed by atoms with E-state index in [-0.39, 0.29) is 21.3 Å². The second-order valence-corrected chi connectivity index (χ2v) is 11.4. The lowest BCUT2D eigenvalue weighted by molar-refractivity contribution is 0.304. The maximum atomic E-state index is 13.2. The van der Waals surface area contributed by atoms with Crippen molar-refractivity contribution in [1.29, 1.82) is 0 Å². The molecule has 0 bridgehead atoms. The van der Waals surface area contributed by atoms with Crippen LogP contribution in [0.5, 0.6) is 17.2 Å². The molecule has 0 radical (unpaired) electrons. The monoisotopic (exact) mass is 535 g/mol. The highest BCUT2D eigenvalue weighted by Crippen LogP contribution is 2.36. The molecule has 2 heterocycles. The maximum Gasteiger partial charge on any atom is 0.328 e. The number of ether oxygens (including phenoxy) is 2. The van der Waals surface area contributed by atoms with Gasteiger partial charge in [-0.3, -0.25) is 13.9 Å². The van der Waals surface area contributed by atoms with Crippen LogP contribution >= 0.6 is 11.3 Å². The maximum absolute atomic E-state index is 13.2. The fourth-order valence-electron chi connectivity index (χ4n) is 4.01. The molecule has 0 atom stereocenters. The number of fused-ring (bicyclic) bond motifs is 1. The van der Waals surface area contributed by atoms with Gasteiger partial charge in [0, 0.05) is 26.2 Å². The zero-order valence-electron chi connectivity index (χ0n) is 20.5. The van der Waals surface area contributed by atoms with Crippen LogP contribution in [0, 0.1) is 6.92 Å². The Morgan fingerprint density at radius 3 is 2.30 bits per heavy atom. The van der Waals surface area contributed by atoms with Crippen molar-refractivity contribution < 1.29 is 17.9 Å². The van der Waals surface area contributed by atoms with Gasteiger partial charge >= 0.3 is 5.69 Å². The first-order valence-corrected chi connectivity index (χ1v) is 13.8. The van der Waals surface area contributed by atoms with E-state index in [1.54, 1.807) is 62.8 Å². The van der Waals surface area contributed by atoms with Crippen LogP contribution in [0.2, 0.25) is 0 Å². The number of imidazole rings is 1. The molecule has 3 aromatic carbocycles. The summed E-state index contributed by atoms with van der Waals surface area (Å²) < 4.78 is 44.3. The number of nitrogens with one attached hydrogen (secondary N) is 1. The number of rotatable bonds is 8. The number of anilines is 1. The lowest BCUT2D eigenvalue weighted by Crippen LogP contribution is -2.19. The molecule has 5 rings (SSSR count). The number of thiophene rings is 1. The van der Waals surface area contributed by atoms with Gasteiger partial charge in [-0.25, -0.2) is 13.2 Å². The van der Waals surface area contributed by atoms with E-state index in [1.807, 2.05) is 36.4 Å². The Morgan fingerprint density at radius 1 is 0.892 bits per heavy atom. The summed E-state index contributed by atoms with van der Waals surface area (Å²) in [5.41, 5.74) is 2.85. The van der Waals surface area contributed by atoms with Crippen LogP contribution in [-0.2, 0) is 30.7 Å².